The van der Waals surface area contributed by atoms with Crippen LogP contribution in [0, 0.1) is 12.3 Å². The van der Waals surface area contributed by atoms with E-state index in [-0.39, 0.29) is 0 Å². The van der Waals surface area contributed by atoms with E-state index in [2.05, 4.69) is 51.7 Å². The molecule has 100 valence electrons. The largest absolute Gasteiger partial charge is 0.319 e. The predicted octanol–water partition coefficient (Wildman–Crippen LogP) is 2.89. The van der Waals surface area contributed by atoms with E-state index in [0.29, 0.717) is 5.41 Å². The minimum atomic E-state index is 0.557. The Kier molecular flexibility index (Phi) is 4.82. The zero-order valence-electron chi connectivity index (χ0n) is 11.4. The van der Waals surface area contributed by atoms with Crippen molar-refractivity contribution >= 4 is 15.9 Å². The Morgan fingerprint density at radius 2 is 2.06 bits per heavy atom. The average molecular weight is 311 g/mol. The van der Waals surface area contributed by atoms with Crippen LogP contribution in [0.3, 0.4) is 0 Å². The Balaban J connectivity index is 1.74. The summed E-state index contributed by atoms with van der Waals surface area (Å²) in [6, 6.07) is 6.53. The summed E-state index contributed by atoms with van der Waals surface area (Å²) in [6.45, 7) is 5.56. The summed E-state index contributed by atoms with van der Waals surface area (Å²) < 4.78 is 1.18. The van der Waals surface area contributed by atoms with Gasteiger partial charge >= 0.3 is 0 Å². The number of nitrogens with one attached hydrogen (secondary N) is 2. The second-order valence-electron chi connectivity index (χ2n) is 5.53. The van der Waals surface area contributed by atoms with Crippen molar-refractivity contribution in [2.75, 3.05) is 26.7 Å². The van der Waals surface area contributed by atoms with E-state index in [4.69, 9.17) is 0 Å². The highest BCUT2D eigenvalue weighted by atomic mass is 79.9. The molecule has 18 heavy (non-hydrogen) atoms. The van der Waals surface area contributed by atoms with Gasteiger partial charge in [0.25, 0.3) is 0 Å². The molecule has 0 amide bonds. The molecule has 0 spiro atoms. The maximum absolute atomic E-state index is 3.61. The molecule has 0 aromatic heterocycles. The van der Waals surface area contributed by atoms with Gasteiger partial charge in [0, 0.05) is 17.6 Å². The Bertz CT molecular complexity index is 399. The molecule has 3 heteroatoms. The summed E-state index contributed by atoms with van der Waals surface area (Å²) in [5, 5.41) is 6.91. The molecule has 0 radical (unpaired) electrons. The van der Waals surface area contributed by atoms with Crippen molar-refractivity contribution in [3.05, 3.63) is 33.8 Å². The third-order valence-corrected chi connectivity index (χ3v) is 4.38. The van der Waals surface area contributed by atoms with Gasteiger partial charge in [0.15, 0.2) is 0 Å². The van der Waals surface area contributed by atoms with E-state index >= 15 is 0 Å². The lowest BCUT2D eigenvalue weighted by Gasteiger charge is -2.15. The summed E-state index contributed by atoms with van der Waals surface area (Å²) in [6.07, 6.45) is 3.86. The number of halogens is 1. The molecule has 0 heterocycles. The third kappa shape index (κ3) is 3.81. The van der Waals surface area contributed by atoms with Crippen LogP contribution >= 0.6 is 15.9 Å². The number of benzene rings is 1. The molecule has 1 aromatic carbocycles. The first kappa shape index (κ1) is 14.0. The molecule has 0 bridgehead atoms. The van der Waals surface area contributed by atoms with E-state index in [9.17, 15) is 0 Å². The van der Waals surface area contributed by atoms with Crippen LogP contribution in [0.25, 0.3) is 0 Å². The molecular weight excluding hydrogens is 288 g/mol. The van der Waals surface area contributed by atoms with E-state index in [1.54, 1.807) is 0 Å². The first-order valence-electron chi connectivity index (χ1n) is 6.76. The van der Waals surface area contributed by atoms with Crippen LogP contribution in [0.1, 0.15) is 24.0 Å². The molecule has 0 atom stereocenters. The van der Waals surface area contributed by atoms with Crippen molar-refractivity contribution in [3.8, 4) is 0 Å². The van der Waals surface area contributed by atoms with Gasteiger partial charge in [-0.15, -0.1) is 0 Å². The van der Waals surface area contributed by atoms with Crippen LogP contribution in [0.15, 0.2) is 22.7 Å². The summed E-state index contributed by atoms with van der Waals surface area (Å²) in [5.74, 6) is 0. The fraction of sp³-hybridized carbons (Fsp3) is 0.600. The smallest absolute Gasteiger partial charge is 0.0178 e. The van der Waals surface area contributed by atoms with Crippen LogP contribution in [-0.4, -0.2) is 26.7 Å². The lowest BCUT2D eigenvalue weighted by Crippen LogP contribution is -2.32. The Hall–Kier alpha value is -0.380. The summed E-state index contributed by atoms with van der Waals surface area (Å²) in [4.78, 5) is 0. The molecule has 0 aliphatic heterocycles. The van der Waals surface area contributed by atoms with Crippen molar-refractivity contribution in [2.45, 2.75) is 26.2 Å². The van der Waals surface area contributed by atoms with Gasteiger partial charge in [0.2, 0.25) is 0 Å². The highest BCUT2D eigenvalue weighted by molar-refractivity contribution is 9.10. The van der Waals surface area contributed by atoms with Gasteiger partial charge in [0.05, 0.1) is 0 Å². The number of rotatable bonds is 7. The maximum Gasteiger partial charge on any atom is 0.0178 e. The van der Waals surface area contributed by atoms with Crippen LogP contribution in [0.4, 0.5) is 0 Å². The van der Waals surface area contributed by atoms with Gasteiger partial charge in [-0.2, -0.15) is 0 Å². The molecule has 1 aliphatic carbocycles. The predicted molar refractivity (Wildman–Crippen MR) is 81.0 cm³/mol. The molecule has 1 saturated carbocycles. The summed E-state index contributed by atoms with van der Waals surface area (Å²) in [7, 11) is 2.05. The number of aryl methyl sites for hydroxylation is 1. The zero-order chi connectivity index (χ0) is 13.0. The second-order valence-corrected chi connectivity index (χ2v) is 6.44. The zero-order valence-corrected chi connectivity index (χ0v) is 12.9. The lowest BCUT2D eigenvalue weighted by atomic mass is 10.1. The molecule has 1 fully saturated rings. The monoisotopic (exact) mass is 310 g/mol. The molecule has 0 saturated heterocycles. The topological polar surface area (TPSA) is 24.1 Å². The molecule has 1 aromatic rings. The van der Waals surface area contributed by atoms with Crippen molar-refractivity contribution in [2.24, 2.45) is 5.41 Å². The molecule has 2 N–H and O–H groups in total. The minimum Gasteiger partial charge on any atom is -0.319 e. The van der Waals surface area contributed by atoms with Crippen molar-refractivity contribution < 1.29 is 0 Å². The maximum atomic E-state index is 3.61. The minimum absolute atomic E-state index is 0.557. The van der Waals surface area contributed by atoms with Gasteiger partial charge in [-0.3, -0.25) is 0 Å². The Labute approximate surface area is 119 Å². The van der Waals surface area contributed by atoms with Crippen molar-refractivity contribution in [1.29, 1.82) is 0 Å². The fourth-order valence-electron chi connectivity index (χ4n) is 2.45. The van der Waals surface area contributed by atoms with Crippen LogP contribution in [0.2, 0.25) is 0 Å². The standard InChI is InChI=1S/C15H23BrN2/c1-12-3-4-14(16)9-13(12)5-8-18-11-15(6-7-15)10-17-2/h3-4,9,17-18H,5-8,10-11H2,1-2H3. The second kappa shape index (κ2) is 6.18. The van der Waals surface area contributed by atoms with Gasteiger partial charge < -0.3 is 10.6 Å². The van der Waals surface area contributed by atoms with E-state index in [1.807, 2.05) is 7.05 Å². The van der Waals surface area contributed by atoms with Crippen LogP contribution in [-0.2, 0) is 6.42 Å². The Morgan fingerprint density at radius 1 is 1.28 bits per heavy atom. The third-order valence-electron chi connectivity index (χ3n) is 3.89. The number of hydrogen-bond acceptors (Lipinski definition) is 2. The highest BCUT2D eigenvalue weighted by Gasteiger charge is 2.41. The highest BCUT2D eigenvalue weighted by Crippen LogP contribution is 2.44. The van der Waals surface area contributed by atoms with Crippen molar-refractivity contribution in [3.63, 3.8) is 0 Å². The first-order valence-corrected chi connectivity index (χ1v) is 7.55. The first-order chi connectivity index (χ1) is 8.65. The molecular formula is C15H23BrN2. The van der Waals surface area contributed by atoms with E-state index < -0.39 is 0 Å². The molecule has 2 nitrogen and oxygen atoms in total. The lowest BCUT2D eigenvalue weighted by molar-refractivity contribution is 0.441. The van der Waals surface area contributed by atoms with Crippen LogP contribution in [0.5, 0.6) is 0 Å². The SMILES string of the molecule is CNCC1(CNCCc2cc(Br)ccc2C)CC1. The summed E-state index contributed by atoms with van der Waals surface area (Å²) in [5.41, 5.74) is 3.38. The summed E-state index contributed by atoms with van der Waals surface area (Å²) >= 11 is 3.54. The van der Waals surface area contributed by atoms with Crippen molar-refractivity contribution in [1.82, 2.24) is 10.6 Å². The normalized spacial score (nSPS) is 16.8. The molecule has 2 rings (SSSR count). The molecule has 1 aliphatic rings. The van der Waals surface area contributed by atoms with Crippen LogP contribution < -0.4 is 10.6 Å². The van der Waals surface area contributed by atoms with Gasteiger partial charge in [-0.1, -0.05) is 22.0 Å². The van der Waals surface area contributed by atoms with E-state index in [0.717, 1.165) is 26.1 Å². The van der Waals surface area contributed by atoms with E-state index in [1.165, 1.54) is 28.4 Å². The Morgan fingerprint density at radius 3 is 2.72 bits per heavy atom. The van der Waals surface area contributed by atoms with Gasteiger partial charge in [-0.25, -0.2) is 0 Å². The quantitative estimate of drug-likeness (QED) is 0.757. The van der Waals surface area contributed by atoms with Gasteiger partial charge in [-0.05, 0) is 68.5 Å². The fourth-order valence-corrected chi connectivity index (χ4v) is 2.86. The van der Waals surface area contributed by atoms with Gasteiger partial charge in [0.1, 0.15) is 0 Å². The number of hydrogen-bond donors (Lipinski definition) is 2. The molecule has 0 unspecified atom stereocenters. The average Bonchev–Trinajstić information content (AvgIpc) is 3.10.